The molecule has 0 heterocycles. The maximum atomic E-state index is 12.1. The lowest BCUT2D eigenvalue weighted by Crippen LogP contribution is -2.26. The molecule has 4 rings (SSSR count). The van der Waals surface area contributed by atoms with Crippen LogP contribution in [0.15, 0.2) is 83.3 Å². The van der Waals surface area contributed by atoms with Crippen LogP contribution in [0.4, 0.5) is 4.79 Å². The smallest absolute Gasteiger partial charge is 0.407 e. The summed E-state index contributed by atoms with van der Waals surface area (Å²) in [6.45, 7) is 0.742. The molecular weight excluding hydrogens is 414 g/mol. The fourth-order valence-corrected chi connectivity index (χ4v) is 4.00. The molecule has 0 aliphatic heterocycles. The summed E-state index contributed by atoms with van der Waals surface area (Å²) < 4.78 is 6.54. The Morgan fingerprint density at radius 3 is 2.21 bits per heavy atom. The fourth-order valence-electron chi connectivity index (χ4n) is 3.59. The third kappa shape index (κ3) is 3.87. The maximum absolute atomic E-state index is 12.1. The van der Waals surface area contributed by atoms with Crippen molar-refractivity contribution in [1.82, 2.24) is 5.32 Å². The predicted octanol–water partition coefficient (Wildman–Crippen LogP) is 6.00. The lowest BCUT2D eigenvalue weighted by molar-refractivity contribution is 0.144. The van der Waals surface area contributed by atoms with Crippen LogP contribution in [0.3, 0.4) is 0 Å². The van der Waals surface area contributed by atoms with Crippen molar-refractivity contribution in [3.63, 3.8) is 0 Å². The van der Waals surface area contributed by atoms with Crippen LogP contribution in [-0.2, 0) is 4.74 Å². The average Bonchev–Trinajstić information content (AvgIpc) is 3.05. The third-order valence-corrected chi connectivity index (χ3v) is 5.63. The standard InChI is InChI=1S/C24H20BrNO2/c25-23-14-6-1-8-17(23)9-7-15-26-24(27)28-16-22-20-12-4-2-10-18(20)19-11-3-5-13-21(19)22/h1-14,22H,15-16H2,(H,26,27). The summed E-state index contributed by atoms with van der Waals surface area (Å²) in [5.41, 5.74) is 5.94. The summed E-state index contributed by atoms with van der Waals surface area (Å²) in [5, 5.41) is 2.78. The number of nitrogens with one attached hydrogen (secondary N) is 1. The second-order valence-electron chi connectivity index (χ2n) is 6.63. The summed E-state index contributed by atoms with van der Waals surface area (Å²) in [6.07, 6.45) is 3.47. The van der Waals surface area contributed by atoms with E-state index < -0.39 is 6.09 Å². The topological polar surface area (TPSA) is 38.3 Å². The van der Waals surface area contributed by atoms with Crippen molar-refractivity contribution in [2.45, 2.75) is 5.92 Å². The van der Waals surface area contributed by atoms with Crippen molar-refractivity contribution in [1.29, 1.82) is 0 Å². The normalized spacial score (nSPS) is 12.6. The van der Waals surface area contributed by atoms with Crippen LogP contribution in [0, 0.1) is 0 Å². The molecule has 3 aromatic carbocycles. The number of halogens is 1. The molecule has 0 saturated carbocycles. The quantitative estimate of drug-likeness (QED) is 0.535. The molecule has 3 aromatic rings. The number of alkyl carbamates (subject to hydrolysis) is 1. The van der Waals surface area contributed by atoms with Gasteiger partial charge < -0.3 is 10.1 Å². The van der Waals surface area contributed by atoms with Gasteiger partial charge >= 0.3 is 6.09 Å². The van der Waals surface area contributed by atoms with E-state index in [0.717, 1.165) is 10.0 Å². The van der Waals surface area contributed by atoms with Crippen LogP contribution < -0.4 is 5.32 Å². The van der Waals surface area contributed by atoms with Gasteiger partial charge in [-0.2, -0.15) is 0 Å². The van der Waals surface area contributed by atoms with Gasteiger partial charge in [0.1, 0.15) is 6.61 Å². The van der Waals surface area contributed by atoms with Gasteiger partial charge in [-0.3, -0.25) is 0 Å². The molecule has 1 aliphatic rings. The van der Waals surface area contributed by atoms with Crippen LogP contribution in [0.2, 0.25) is 0 Å². The van der Waals surface area contributed by atoms with Gasteiger partial charge in [0, 0.05) is 16.9 Å². The average molecular weight is 434 g/mol. The number of fused-ring (bicyclic) bond motifs is 3. The van der Waals surface area contributed by atoms with Gasteiger partial charge in [-0.1, -0.05) is 94.8 Å². The zero-order chi connectivity index (χ0) is 19.3. The predicted molar refractivity (Wildman–Crippen MR) is 116 cm³/mol. The van der Waals surface area contributed by atoms with E-state index in [1.165, 1.54) is 22.3 Å². The van der Waals surface area contributed by atoms with Gasteiger partial charge in [-0.25, -0.2) is 4.79 Å². The lowest BCUT2D eigenvalue weighted by Gasteiger charge is -2.14. The minimum atomic E-state index is -0.404. The van der Waals surface area contributed by atoms with Gasteiger partial charge in [-0.15, -0.1) is 0 Å². The Hall–Kier alpha value is -2.85. The summed E-state index contributed by atoms with van der Waals surface area (Å²) in [7, 11) is 0. The maximum Gasteiger partial charge on any atom is 0.407 e. The number of rotatable bonds is 5. The van der Waals surface area contributed by atoms with Gasteiger partial charge in [-0.05, 0) is 33.9 Å². The molecule has 0 fully saturated rings. The van der Waals surface area contributed by atoms with Crippen LogP contribution >= 0.6 is 15.9 Å². The molecule has 1 N–H and O–H groups in total. The van der Waals surface area contributed by atoms with E-state index in [1.807, 2.05) is 60.7 Å². The van der Waals surface area contributed by atoms with E-state index in [4.69, 9.17) is 4.74 Å². The molecule has 28 heavy (non-hydrogen) atoms. The Morgan fingerprint density at radius 2 is 1.54 bits per heavy atom. The van der Waals surface area contributed by atoms with E-state index in [-0.39, 0.29) is 5.92 Å². The number of benzene rings is 3. The summed E-state index contributed by atoms with van der Waals surface area (Å²) in [6, 6.07) is 24.6. The van der Waals surface area contributed by atoms with Crippen LogP contribution in [0.25, 0.3) is 17.2 Å². The summed E-state index contributed by atoms with van der Waals surface area (Å²) in [5.74, 6) is 0.0777. The molecule has 0 unspecified atom stereocenters. The first-order valence-corrected chi connectivity index (χ1v) is 10.0. The van der Waals surface area contributed by atoms with E-state index in [2.05, 4.69) is 45.5 Å². The zero-order valence-electron chi connectivity index (χ0n) is 15.3. The molecular formula is C24H20BrNO2. The second kappa shape index (κ2) is 8.44. The van der Waals surface area contributed by atoms with Gasteiger partial charge in [0.15, 0.2) is 0 Å². The first kappa shape index (κ1) is 18.5. The molecule has 0 spiro atoms. The lowest BCUT2D eigenvalue weighted by atomic mass is 9.98. The van der Waals surface area contributed by atoms with E-state index >= 15 is 0 Å². The van der Waals surface area contributed by atoms with Crippen molar-refractivity contribution in [3.05, 3.63) is 100 Å². The van der Waals surface area contributed by atoms with Crippen LogP contribution in [0.1, 0.15) is 22.6 Å². The molecule has 0 radical (unpaired) electrons. The molecule has 0 saturated heterocycles. The van der Waals surface area contributed by atoms with Crippen molar-refractivity contribution >= 4 is 28.1 Å². The largest absolute Gasteiger partial charge is 0.449 e. The zero-order valence-corrected chi connectivity index (χ0v) is 16.9. The summed E-state index contributed by atoms with van der Waals surface area (Å²) in [4.78, 5) is 12.1. The van der Waals surface area contributed by atoms with E-state index in [1.54, 1.807) is 0 Å². The highest BCUT2D eigenvalue weighted by atomic mass is 79.9. The van der Waals surface area contributed by atoms with Gasteiger partial charge in [0.25, 0.3) is 0 Å². The first-order valence-electron chi connectivity index (χ1n) is 9.24. The highest BCUT2D eigenvalue weighted by Gasteiger charge is 2.28. The molecule has 0 aromatic heterocycles. The Labute approximate surface area is 173 Å². The van der Waals surface area contributed by atoms with Crippen LogP contribution in [0.5, 0.6) is 0 Å². The molecule has 3 nitrogen and oxygen atoms in total. The van der Waals surface area contributed by atoms with Gasteiger partial charge in [0.2, 0.25) is 0 Å². The molecule has 4 heteroatoms. The fraction of sp³-hybridized carbons (Fsp3) is 0.125. The Morgan fingerprint density at radius 1 is 0.929 bits per heavy atom. The molecule has 1 amide bonds. The Kier molecular flexibility index (Phi) is 5.58. The number of hydrogen-bond donors (Lipinski definition) is 1. The van der Waals surface area contributed by atoms with Gasteiger partial charge in [0.05, 0.1) is 0 Å². The molecule has 0 bridgehead atoms. The SMILES string of the molecule is O=C(NCC=Cc1ccccc1Br)OCC1c2ccccc2-c2ccccc21. The van der Waals surface area contributed by atoms with Crippen molar-refractivity contribution in [3.8, 4) is 11.1 Å². The monoisotopic (exact) mass is 433 g/mol. The van der Waals surface area contributed by atoms with E-state index in [9.17, 15) is 4.79 Å². The summed E-state index contributed by atoms with van der Waals surface area (Å²) >= 11 is 3.50. The van der Waals surface area contributed by atoms with Crippen molar-refractivity contribution in [2.75, 3.05) is 13.2 Å². The second-order valence-corrected chi connectivity index (χ2v) is 7.48. The molecule has 1 aliphatic carbocycles. The number of carbonyl (C=O) groups is 1. The Bertz CT molecular complexity index is 983. The Balaban J connectivity index is 1.35. The molecule has 140 valence electrons. The highest BCUT2D eigenvalue weighted by molar-refractivity contribution is 9.10. The van der Waals surface area contributed by atoms with Crippen LogP contribution in [-0.4, -0.2) is 19.2 Å². The number of hydrogen-bond acceptors (Lipinski definition) is 2. The van der Waals surface area contributed by atoms with Crippen molar-refractivity contribution in [2.24, 2.45) is 0 Å². The third-order valence-electron chi connectivity index (χ3n) is 4.91. The molecule has 0 atom stereocenters. The minimum absolute atomic E-state index is 0.0777. The van der Waals surface area contributed by atoms with E-state index in [0.29, 0.717) is 13.2 Å². The minimum Gasteiger partial charge on any atom is -0.449 e. The number of ether oxygens (including phenoxy) is 1. The number of carbonyl (C=O) groups excluding carboxylic acids is 1. The van der Waals surface area contributed by atoms with Crippen molar-refractivity contribution < 1.29 is 9.53 Å². The highest BCUT2D eigenvalue weighted by Crippen LogP contribution is 2.44. The first-order chi connectivity index (χ1) is 13.7. The number of amides is 1.